The number of hydrogen-bond acceptors (Lipinski definition) is 3. The molecule has 0 bridgehead atoms. The van der Waals surface area contributed by atoms with Gasteiger partial charge >= 0.3 is 0 Å². The Morgan fingerprint density at radius 2 is 1.90 bits per heavy atom. The van der Waals surface area contributed by atoms with E-state index in [2.05, 4.69) is 5.32 Å². The summed E-state index contributed by atoms with van der Waals surface area (Å²) < 4.78 is 1.77. The van der Waals surface area contributed by atoms with Crippen molar-refractivity contribution in [3.63, 3.8) is 0 Å². The van der Waals surface area contributed by atoms with Crippen LogP contribution >= 0.6 is 0 Å². The van der Waals surface area contributed by atoms with Crippen LogP contribution in [0, 0.1) is 0 Å². The van der Waals surface area contributed by atoms with E-state index in [1.165, 1.54) is 0 Å². The fourth-order valence-corrected chi connectivity index (χ4v) is 1.90. The van der Waals surface area contributed by atoms with Gasteiger partial charge in [-0.2, -0.15) is 0 Å². The molecule has 0 spiro atoms. The smallest absolute Gasteiger partial charge is 0.272 e. The molecule has 6 nitrogen and oxygen atoms in total. The minimum Gasteiger partial charge on any atom is -0.397 e. The molecule has 2 amide bonds. The Bertz CT molecular complexity index is 644. The monoisotopic (exact) mass is 272 g/mol. The van der Waals surface area contributed by atoms with E-state index in [9.17, 15) is 9.59 Å². The van der Waals surface area contributed by atoms with Crippen LogP contribution in [0.4, 0.5) is 11.4 Å². The first-order valence-electron chi connectivity index (χ1n) is 6.18. The summed E-state index contributed by atoms with van der Waals surface area (Å²) in [5.74, 6) is -0.758. The van der Waals surface area contributed by atoms with Crippen molar-refractivity contribution >= 4 is 23.2 Å². The first-order valence-corrected chi connectivity index (χ1v) is 6.18. The molecular formula is C14H16N4O2. The molecule has 2 aromatic rings. The van der Waals surface area contributed by atoms with Crippen LogP contribution in [0.3, 0.4) is 0 Å². The lowest BCUT2D eigenvalue weighted by Crippen LogP contribution is -2.16. The first kappa shape index (κ1) is 13.7. The summed E-state index contributed by atoms with van der Waals surface area (Å²) in [6, 6.07) is 7.99. The maximum Gasteiger partial charge on any atom is 0.272 e. The van der Waals surface area contributed by atoms with Crippen molar-refractivity contribution in [1.29, 1.82) is 0 Å². The van der Waals surface area contributed by atoms with Gasteiger partial charge in [0, 0.05) is 24.0 Å². The van der Waals surface area contributed by atoms with Gasteiger partial charge < -0.3 is 21.4 Å². The standard InChI is InChI=1S/C14H16N4O2/c1-2-18-8-10(15)7-12(18)14(20)17-11-5-3-9(4-6-11)13(16)19/h3-8H,2,15H2,1H3,(H2,16,19)(H,17,20). The zero-order valence-corrected chi connectivity index (χ0v) is 11.1. The summed E-state index contributed by atoms with van der Waals surface area (Å²) in [5.41, 5.74) is 12.9. The van der Waals surface area contributed by atoms with Gasteiger partial charge in [0.25, 0.3) is 5.91 Å². The molecule has 1 heterocycles. The van der Waals surface area contributed by atoms with Crippen molar-refractivity contribution in [2.75, 3.05) is 11.1 Å². The molecule has 0 aliphatic heterocycles. The van der Waals surface area contributed by atoms with Crippen molar-refractivity contribution in [2.24, 2.45) is 5.73 Å². The van der Waals surface area contributed by atoms with Gasteiger partial charge in [0.2, 0.25) is 5.91 Å². The largest absolute Gasteiger partial charge is 0.397 e. The lowest BCUT2D eigenvalue weighted by Gasteiger charge is -2.08. The van der Waals surface area contributed by atoms with Gasteiger partial charge in [0.05, 0.1) is 5.69 Å². The molecule has 0 unspecified atom stereocenters. The summed E-state index contributed by atoms with van der Waals surface area (Å²) in [6.07, 6.45) is 1.71. The molecule has 1 aromatic carbocycles. The molecule has 0 saturated carbocycles. The van der Waals surface area contributed by atoms with Crippen LogP contribution in [0.2, 0.25) is 0 Å². The van der Waals surface area contributed by atoms with Crippen LogP contribution in [0.25, 0.3) is 0 Å². The third kappa shape index (κ3) is 2.80. The van der Waals surface area contributed by atoms with Crippen molar-refractivity contribution in [3.05, 3.63) is 47.8 Å². The quantitative estimate of drug-likeness (QED) is 0.784. The predicted molar refractivity (Wildman–Crippen MR) is 77.4 cm³/mol. The molecule has 20 heavy (non-hydrogen) atoms. The van der Waals surface area contributed by atoms with Crippen molar-refractivity contribution < 1.29 is 9.59 Å². The van der Waals surface area contributed by atoms with Crippen LogP contribution in [0.1, 0.15) is 27.8 Å². The number of rotatable bonds is 4. The summed E-state index contributed by atoms with van der Waals surface area (Å²) >= 11 is 0. The van der Waals surface area contributed by atoms with Crippen molar-refractivity contribution in [3.8, 4) is 0 Å². The third-order valence-electron chi connectivity index (χ3n) is 2.92. The number of carbonyl (C=O) groups excluding carboxylic acids is 2. The zero-order chi connectivity index (χ0) is 14.7. The van der Waals surface area contributed by atoms with Crippen molar-refractivity contribution in [2.45, 2.75) is 13.5 Å². The number of benzene rings is 1. The van der Waals surface area contributed by atoms with E-state index in [1.807, 2.05) is 6.92 Å². The lowest BCUT2D eigenvalue weighted by molar-refractivity contribution is 0.0997. The van der Waals surface area contributed by atoms with Gasteiger partial charge in [-0.3, -0.25) is 9.59 Å². The van der Waals surface area contributed by atoms with E-state index in [4.69, 9.17) is 11.5 Å². The van der Waals surface area contributed by atoms with Crippen LogP contribution in [0.15, 0.2) is 36.5 Å². The van der Waals surface area contributed by atoms with Gasteiger partial charge in [0.1, 0.15) is 5.69 Å². The Kier molecular flexibility index (Phi) is 3.74. The second kappa shape index (κ2) is 5.48. The first-order chi connectivity index (χ1) is 9.51. The summed E-state index contributed by atoms with van der Waals surface area (Å²) in [7, 11) is 0. The van der Waals surface area contributed by atoms with Crippen LogP contribution in [-0.2, 0) is 6.54 Å². The van der Waals surface area contributed by atoms with Gasteiger partial charge in [0.15, 0.2) is 0 Å². The fourth-order valence-electron chi connectivity index (χ4n) is 1.90. The number of nitrogens with one attached hydrogen (secondary N) is 1. The summed E-state index contributed by atoms with van der Waals surface area (Å²) in [4.78, 5) is 23.1. The highest BCUT2D eigenvalue weighted by atomic mass is 16.2. The highest BCUT2D eigenvalue weighted by molar-refractivity contribution is 6.04. The van der Waals surface area contributed by atoms with Crippen LogP contribution < -0.4 is 16.8 Å². The molecule has 0 radical (unpaired) electrons. The zero-order valence-electron chi connectivity index (χ0n) is 11.1. The Balaban J connectivity index is 2.16. The Labute approximate surface area is 116 Å². The number of amides is 2. The number of anilines is 2. The lowest BCUT2D eigenvalue weighted by atomic mass is 10.2. The van der Waals surface area contributed by atoms with E-state index in [0.29, 0.717) is 29.2 Å². The van der Waals surface area contributed by atoms with E-state index >= 15 is 0 Å². The number of nitrogen functional groups attached to an aromatic ring is 1. The number of aromatic nitrogens is 1. The summed E-state index contributed by atoms with van der Waals surface area (Å²) in [6.45, 7) is 2.58. The topological polar surface area (TPSA) is 103 Å². The SMILES string of the molecule is CCn1cc(N)cc1C(=O)Nc1ccc(C(N)=O)cc1. The van der Waals surface area contributed by atoms with E-state index < -0.39 is 5.91 Å². The number of nitrogens with two attached hydrogens (primary N) is 2. The molecule has 1 aromatic heterocycles. The third-order valence-corrected chi connectivity index (χ3v) is 2.92. The van der Waals surface area contributed by atoms with Gasteiger partial charge in [-0.15, -0.1) is 0 Å². The molecular weight excluding hydrogens is 256 g/mol. The number of primary amides is 1. The molecule has 0 fully saturated rings. The highest BCUT2D eigenvalue weighted by Gasteiger charge is 2.12. The molecule has 5 N–H and O–H groups in total. The minimum absolute atomic E-state index is 0.254. The highest BCUT2D eigenvalue weighted by Crippen LogP contribution is 2.14. The number of hydrogen-bond donors (Lipinski definition) is 3. The Hall–Kier alpha value is -2.76. The number of carbonyl (C=O) groups is 2. The van der Waals surface area contributed by atoms with Gasteiger partial charge in [-0.1, -0.05) is 0 Å². The molecule has 0 aliphatic carbocycles. The second-order valence-electron chi connectivity index (χ2n) is 4.34. The maximum atomic E-state index is 12.1. The minimum atomic E-state index is -0.504. The van der Waals surface area contributed by atoms with Gasteiger partial charge in [-0.25, -0.2) is 0 Å². The molecule has 0 saturated heterocycles. The van der Waals surface area contributed by atoms with E-state index in [-0.39, 0.29) is 5.91 Å². The van der Waals surface area contributed by atoms with Crippen LogP contribution in [0.5, 0.6) is 0 Å². The maximum absolute atomic E-state index is 12.1. The molecule has 104 valence electrons. The Morgan fingerprint density at radius 1 is 1.25 bits per heavy atom. The molecule has 6 heteroatoms. The fraction of sp³-hybridized carbons (Fsp3) is 0.143. The summed E-state index contributed by atoms with van der Waals surface area (Å²) in [5, 5.41) is 2.74. The van der Waals surface area contributed by atoms with E-state index in [0.717, 1.165) is 0 Å². The predicted octanol–water partition coefficient (Wildman–Crippen LogP) is 1.44. The normalized spacial score (nSPS) is 10.2. The van der Waals surface area contributed by atoms with Gasteiger partial charge in [-0.05, 0) is 37.3 Å². The Morgan fingerprint density at radius 3 is 2.45 bits per heavy atom. The number of aryl methyl sites for hydroxylation is 1. The van der Waals surface area contributed by atoms with Crippen molar-refractivity contribution in [1.82, 2.24) is 4.57 Å². The van der Waals surface area contributed by atoms with E-state index in [1.54, 1.807) is 41.1 Å². The average Bonchev–Trinajstić information content (AvgIpc) is 2.80. The second-order valence-corrected chi connectivity index (χ2v) is 4.34. The molecule has 0 atom stereocenters. The molecule has 2 rings (SSSR count). The number of nitrogens with zero attached hydrogens (tertiary/aromatic N) is 1. The van der Waals surface area contributed by atoms with Crippen LogP contribution in [-0.4, -0.2) is 16.4 Å². The average molecular weight is 272 g/mol. The molecule has 0 aliphatic rings.